The van der Waals surface area contributed by atoms with E-state index in [1.54, 1.807) is 20.0 Å². The van der Waals surface area contributed by atoms with Crippen molar-refractivity contribution in [3.05, 3.63) is 34.8 Å². The van der Waals surface area contributed by atoms with E-state index in [1.807, 2.05) is 12.1 Å². The Kier molecular flexibility index (Phi) is 3.88. The van der Waals surface area contributed by atoms with Crippen LogP contribution in [0.25, 0.3) is 10.6 Å². The van der Waals surface area contributed by atoms with Gasteiger partial charge in [0.25, 0.3) is 5.91 Å². The summed E-state index contributed by atoms with van der Waals surface area (Å²) in [5.74, 6) is 0.718. The zero-order chi connectivity index (χ0) is 15.7. The molecule has 0 atom stereocenters. The summed E-state index contributed by atoms with van der Waals surface area (Å²) in [6.07, 6.45) is 2.49. The van der Waals surface area contributed by atoms with Gasteiger partial charge in [0.05, 0.1) is 24.9 Å². The maximum Gasteiger partial charge on any atom is 0.263 e. The normalized spacial score (nSPS) is 13.6. The van der Waals surface area contributed by atoms with E-state index in [9.17, 15) is 9.90 Å². The zero-order valence-electron chi connectivity index (χ0n) is 12.5. The minimum atomic E-state index is -0.647. The number of amides is 1. The molecule has 0 saturated heterocycles. The molecule has 0 saturated carbocycles. The zero-order valence-corrected chi connectivity index (χ0v) is 13.4. The Morgan fingerprint density at radius 2 is 2.32 bits per heavy atom. The van der Waals surface area contributed by atoms with Gasteiger partial charge in [-0.3, -0.25) is 4.79 Å². The minimum absolute atomic E-state index is 0.116. The van der Waals surface area contributed by atoms with Gasteiger partial charge in [0.15, 0.2) is 0 Å². The van der Waals surface area contributed by atoms with Gasteiger partial charge in [0, 0.05) is 12.0 Å². The van der Waals surface area contributed by atoms with Crippen LogP contribution >= 0.6 is 11.3 Å². The number of hydrogen-bond acceptors (Lipinski definition) is 5. The molecule has 3 rings (SSSR count). The van der Waals surface area contributed by atoms with Gasteiger partial charge in [-0.25, -0.2) is 4.98 Å². The summed E-state index contributed by atoms with van der Waals surface area (Å²) in [5, 5.41) is 12.8. The number of benzene rings is 1. The summed E-state index contributed by atoms with van der Waals surface area (Å²) in [6, 6.07) is 5.98. The summed E-state index contributed by atoms with van der Waals surface area (Å²) in [5.41, 5.74) is 1.53. The lowest BCUT2D eigenvalue weighted by Crippen LogP contribution is -2.46. The molecule has 2 heterocycles. The highest BCUT2D eigenvalue weighted by atomic mass is 32.1. The van der Waals surface area contributed by atoms with Crippen molar-refractivity contribution in [1.82, 2.24) is 10.3 Å². The molecule has 2 N–H and O–H groups in total. The molecule has 6 heteroatoms. The van der Waals surface area contributed by atoms with E-state index in [0.717, 1.165) is 29.3 Å². The number of carbonyl (C=O) groups is 1. The van der Waals surface area contributed by atoms with Crippen LogP contribution in [0.2, 0.25) is 0 Å². The van der Waals surface area contributed by atoms with Crippen LogP contribution in [0.15, 0.2) is 24.4 Å². The molecule has 0 unspecified atom stereocenters. The van der Waals surface area contributed by atoms with E-state index in [-0.39, 0.29) is 12.5 Å². The molecule has 2 aromatic rings. The molecule has 116 valence electrons. The molecule has 1 aliphatic heterocycles. The van der Waals surface area contributed by atoms with E-state index in [4.69, 9.17) is 4.74 Å². The molecule has 0 radical (unpaired) electrons. The number of aliphatic hydroxyl groups is 1. The quantitative estimate of drug-likeness (QED) is 0.907. The molecular weight excluding hydrogens is 300 g/mol. The average Bonchev–Trinajstić information content (AvgIpc) is 3.15. The van der Waals surface area contributed by atoms with Gasteiger partial charge >= 0.3 is 0 Å². The van der Waals surface area contributed by atoms with Crippen molar-refractivity contribution in [3.63, 3.8) is 0 Å². The fourth-order valence-electron chi connectivity index (χ4n) is 2.24. The number of aromatic nitrogens is 1. The van der Waals surface area contributed by atoms with E-state index in [0.29, 0.717) is 4.88 Å². The third-order valence-corrected chi connectivity index (χ3v) is 4.56. The number of nitrogens with one attached hydrogen (secondary N) is 1. The highest BCUT2D eigenvalue weighted by Gasteiger charge is 2.22. The molecule has 0 fully saturated rings. The van der Waals surface area contributed by atoms with E-state index >= 15 is 0 Å². The predicted octanol–water partition coefficient (Wildman–Crippen LogP) is 2.25. The van der Waals surface area contributed by atoms with Gasteiger partial charge in [-0.2, -0.15) is 0 Å². The standard InChI is InChI=1S/C16H18N2O3S/c1-16(2,9-19)18-14(20)13-8-17-15(22-13)11-3-4-12-10(7-11)5-6-21-12/h3-4,7-8,19H,5-6,9H2,1-2H3,(H,18,20). The Bertz CT molecular complexity index is 709. The Hall–Kier alpha value is -1.92. The summed E-state index contributed by atoms with van der Waals surface area (Å²) in [6.45, 7) is 4.15. The van der Waals surface area contributed by atoms with Crippen LogP contribution in [0.3, 0.4) is 0 Å². The topological polar surface area (TPSA) is 71.5 Å². The van der Waals surface area contributed by atoms with E-state index < -0.39 is 5.54 Å². The maximum absolute atomic E-state index is 12.2. The van der Waals surface area contributed by atoms with Crippen molar-refractivity contribution in [2.75, 3.05) is 13.2 Å². The number of rotatable bonds is 4. The van der Waals surface area contributed by atoms with Crippen LogP contribution in [-0.2, 0) is 6.42 Å². The molecule has 1 amide bonds. The van der Waals surface area contributed by atoms with Gasteiger partial charge in [-0.05, 0) is 37.6 Å². The second kappa shape index (κ2) is 5.70. The molecule has 22 heavy (non-hydrogen) atoms. The van der Waals surface area contributed by atoms with Crippen LogP contribution in [0.1, 0.15) is 29.1 Å². The predicted molar refractivity (Wildman–Crippen MR) is 85.4 cm³/mol. The first kappa shape index (κ1) is 15.0. The van der Waals surface area contributed by atoms with Crippen LogP contribution in [0.5, 0.6) is 5.75 Å². The van der Waals surface area contributed by atoms with Crippen molar-refractivity contribution < 1.29 is 14.6 Å². The first-order valence-electron chi connectivity index (χ1n) is 7.14. The Balaban J connectivity index is 1.80. The Labute approximate surface area is 133 Å². The number of carbonyl (C=O) groups excluding carboxylic acids is 1. The minimum Gasteiger partial charge on any atom is -0.493 e. The number of aliphatic hydroxyl groups excluding tert-OH is 1. The number of thiazole rings is 1. The van der Waals surface area contributed by atoms with Gasteiger partial charge < -0.3 is 15.2 Å². The van der Waals surface area contributed by atoms with E-state index in [2.05, 4.69) is 16.4 Å². The number of fused-ring (bicyclic) bond motifs is 1. The summed E-state index contributed by atoms with van der Waals surface area (Å²) in [7, 11) is 0. The van der Waals surface area contributed by atoms with Crippen molar-refractivity contribution in [2.24, 2.45) is 0 Å². The monoisotopic (exact) mass is 318 g/mol. The van der Waals surface area contributed by atoms with Crippen molar-refractivity contribution in [2.45, 2.75) is 25.8 Å². The van der Waals surface area contributed by atoms with Crippen molar-refractivity contribution in [1.29, 1.82) is 0 Å². The van der Waals surface area contributed by atoms with Gasteiger partial charge in [-0.1, -0.05) is 0 Å². The Morgan fingerprint density at radius 3 is 3.09 bits per heavy atom. The second-order valence-corrected chi connectivity index (χ2v) is 6.98. The van der Waals surface area contributed by atoms with Crippen molar-refractivity contribution >= 4 is 17.2 Å². The lowest BCUT2D eigenvalue weighted by atomic mass is 10.1. The first-order chi connectivity index (χ1) is 10.5. The van der Waals surface area contributed by atoms with Crippen LogP contribution in [-0.4, -0.2) is 34.8 Å². The summed E-state index contributed by atoms with van der Waals surface area (Å²) < 4.78 is 5.50. The SMILES string of the molecule is CC(C)(CO)NC(=O)c1cnc(-c2ccc3c(c2)CCO3)s1. The fourth-order valence-corrected chi connectivity index (χ4v) is 3.05. The summed E-state index contributed by atoms with van der Waals surface area (Å²) in [4.78, 5) is 17.1. The maximum atomic E-state index is 12.2. The first-order valence-corrected chi connectivity index (χ1v) is 7.95. The lowest BCUT2D eigenvalue weighted by Gasteiger charge is -2.22. The number of nitrogens with zero attached hydrogens (tertiary/aromatic N) is 1. The Morgan fingerprint density at radius 1 is 1.50 bits per heavy atom. The largest absolute Gasteiger partial charge is 0.493 e. The summed E-state index contributed by atoms with van der Waals surface area (Å²) >= 11 is 1.35. The van der Waals surface area contributed by atoms with Crippen LogP contribution < -0.4 is 10.1 Å². The molecule has 0 spiro atoms. The van der Waals surface area contributed by atoms with Crippen LogP contribution in [0, 0.1) is 0 Å². The number of ether oxygens (including phenoxy) is 1. The second-order valence-electron chi connectivity index (χ2n) is 5.95. The van der Waals surface area contributed by atoms with Gasteiger partial charge in [-0.15, -0.1) is 11.3 Å². The van der Waals surface area contributed by atoms with Gasteiger partial charge in [0.1, 0.15) is 15.6 Å². The highest BCUT2D eigenvalue weighted by molar-refractivity contribution is 7.16. The molecule has 1 aromatic carbocycles. The van der Waals surface area contributed by atoms with Crippen LogP contribution in [0.4, 0.5) is 0 Å². The molecule has 0 bridgehead atoms. The molecule has 0 aliphatic carbocycles. The highest BCUT2D eigenvalue weighted by Crippen LogP contribution is 2.32. The molecule has 1 aromatic heterocycles. The van der Waals surface area contributed by atoms with E-state index in [1.165, 1.54) is 16.9 Å². The smallest absolute Gasteiger partial charge is 0.263 e. The molecular formula is C16H18N2O3S. The molecule has 1 aliphatic rings. The third-order valence-electron chi connectivity index (χ3n) is 3.51. The molecule has 5 nitrogen and oxygen atoms in total. The van der Waals surface area contributed by atoms with Crippen molar-refractivity contribution in [3.8, 4) is 16.3 Å². The lowest BCUT2D eigenvalue weighted by molar-refractivity contribution is 0.0873. The average molecular weight is 318 g/mol. The van der Waals surface area contributed by atoms with Gasteiger partial charge in [0.2, 0.25) is 0 Å². The number of hydrogen-bond donors (Lipinski definition) is 2. The fraction of sp³-hybridized carbons (Fsp3) is 0.375. The third kappa shape index (κ3) is 2.98.